The van der Waals surface area contributed by atoms with Gasteiger partial charge in [-0.25, -0.2) is 19.3 Å². The third-order valence-electron chi connectivity index (χ3n) is 4.74. The first kappa shape index (κ1) is 15.3. The summed E-state index contributed by atoms with van der Waals surface area (Å²) in [5.74, 6) is 1.16. The Bertz CT molecular complexity index is 683. The number of hydrogen-bond acceptors (Lipinski definition) is 6. The molecule has 1 unspecified atom stereocenters. The van der Waals surface area contributed by atoms with Gasteiger partial charge in [0, 0.05) is 37.8 Å². The second kappa shape index (κ2) is 6.32. The molecule has 2 aromatic heterocycles. The summed E-state index contributed by atoms with van der Waals surface area (Å²) in [6.45, 7) is 4.72. The van der Waals surface area contributed by atoms with Gasteiger partial charge in [0.25, 0.3) is 0 Å². The molecule has 1 atom stereocenters. The molecule has 0 N–H and O–H groups in total. The highest BCUT2D eigenvalue weighted by atomic mass is 19.1. The fourth-order valence-electron chi connectivity index (χ4n) is 3.55. The topological polar surface area (TPSA) is 54.4 Å². The van der Waals surface area contributed by atoms with E-state index in [0.717, 1.165) is 38.4 Å². The Balaban J connectivity index is 1.53. The smallest absolute Gasteiger partial charge is 0.225 e. The zero-order chi connectivity index (χ0) is 16.4. The van der Waals surface area contributed by atoms with Crippen molar-refractivity contribution in [2.45, 2.75) is 6.42 Å². The molecule has 4 heterocycles. The van der Waals surface area contributed by atoms with Crippen LogP contribution in [0.2, 0.25) is 0 Å². The van der Waals surface area contributed by atoms with Crippen LogP contribution in [-0.4, -0.2) is 54.3 Å². The van der Waals surface area contributed by atoms with Gasteiger partial charge < -0.3 is 14.5 Å². The van der Waals surface area contributed by atoms with Crippen LogP contribution in [0.25, 0.3) is 0 Å². The lowest BCUT2D eigenvalue weighted by Crippen LogP contribution is -2.41. The van der Waals surface area contributed by atoms with Gasteiger partial charge in [0.1, 0.15) is 5.82 Å². The van der Waals surface area contributed by atoms with Crippen molar-refractivity contribution in [3.8, 4) is 0 Å². The van der Waals surface area contributed by atoms with Crippen molar-refractivity contribution in [1.82, 2.24) is 15.0 Å². The molecule has 24 heavy (non-hydrogen) atoms. The molecule has 2 aromatic rings. The first-order valence-corrected chi connectivity index (χ1v) is 8.20. The normalized spacial score (nSPS) is 24.4. The summed E-state index contributed by atoms with van der Waals surface area (Å²) in [6.07, 6.45) is 5.29. The van der Waals surface area contributed by atoms with Gasteiger partial charge in [-0.05, 0) is 18.6 Å². The Kier molecular flexibility index (Phi) is 4.02. The molecule has 0 aliphatic carbocycles. The molecule has 2 saturated heterocycles. The minimum Gasteiger partial charge on any atom is -0.379 e. The molecule has 0 amide bonds. The number of halogens is 1. The number of hydrogen-bond donors (Lipinski definition) is 0. The van der Waals surface area contributed by atoms with E-state index < -0.39 is 5.82 Å². The van der Waals surface area contributed by atoms with Gasteiger partial charge in [0.15, 0.2) is 5.82 Å². The van der Waals surface area contributed by atoms with E-state index in [0.29, 0.717) is 19.2 Å². The van der Waals surface area contributed by atoms with E-state index in [1.54, 1.807) is 0 Å². The van der Waals surface area contributed by atoms with Crippen LogP contribution in [0.15, 0.2) is 36.8 Å². The minimum atomic E-state index is -0.415. The summed E-state index contributed by atoms with van der Waals surface area (Å²) in [4.78, 5) is 17.1. The molecule has 2 aliphatic heterocycles. The second-order valence-corrected chi connectivity index (χ2v) is 6.53. The van der Waals surface area contributed by atoms with Gasteiger partial charge in [-0.2, -0.15) is 0 Å². The summed E-state index contributed by atoms with van der Waals surface area (Å²) in [7, 11) is 0. The fraction of sp³-hybridized carbons (Fsp3) is 0.471. The summed E-state index contributed by atoms with van der Waals surface area (Å²) in [5, 5.41) is 0. The van der Waals surface area contributed by atoms with Gasteiger partial charge >= 0.3 is 0 Å². The highest BCUT2D eigenvalue weighted by Crippen LogP contribution is 2.35. The van der Waals surface area contributed by atoms with Gasteiger partial charge in [0.2, 0.25) is 5.95 Å². The van der Waals surface area contributed by atoms with E-state index in [4.69, 9.17) is 4.74 Å². The lowest BCUT2D eigenvalue weighted by molar-refractivity contribution is 0.0812. The molecule has 1 spiro atoms. The maximum atomic E-state index is 13.1. The third-order valence-corrected chi connectivity index (χ3v) is 4.74. The van der Waals surface area contributed by atoms with E-state index in [2.05, 4.69) is 24.8 Å². The summed E-state index contributed by atoms with van der Waals surface area (Å²) in [6, 6.07) is 5.98. The molecule has 0 saturated carbocycles. The number of pyridine rings is 1. The van der Waals surface area contributed by atoms with E-state index in [9.17, 15) is 4.39 Å². The van der Waals surface area contributed by atoms with E-state index in [1.807, 2.05) is 24.4 Å². The Morgan fingerprint density at radius 1 is 1.04 bits per heavy atom. The van der Waals surface area contributed by atoms with Crippen molar-refractivity contribution in [3.63, 3.8) is 0 Å². The van der Waals surface area contributed by atoms with Gasteiger partial charge in [-0.3, -0.25) is 0 Å². The SMILES string of the molecule is Fc1cnc(N2CCOCC3(CCN(c4ccccn4)C3)C2)nc1. The Hall–Kier alpha value is -2.28. The zero-order valence-electron chi connectivity index (χ0n) is 13.4. The summed E-state index contributed by atoms with van der Waals surface area (Å²) >= 11 is 0. The average molecular weight is 329 g/mol. The minimum absolute atomic E-state index is 0.0196. The lowest BCUT2D eigenvalue weighted by atomic mass is 9.87. The second-order valence-electron chi connectivity index (χ2n) is 6.53. The van der Waals surface area contributed by atoms with Gasteiger partial charge in [-0.15, -0.1) is 0 Å². The van der Waals surface area contributed by atoms with Crippen LogP contribution >= 0.6 is 0 Å². The van der Waals surface area contributed by atoms with Crippen LogP contribution < -0.4 is 9.80 Å². The van der Waals surface area contributed by atoms with E-state index in [1.165, 1.54) is 12.4 Å². The average Bonchev–Trinajstić information content (AvgIpc) is 2.91. The Labute approximate surface area is 140 Å². The number of ether oxygens (including phenoxy) is 1. The maximum absolute atomic E-state index is 13.1. The van der Waals surface area contributed by atoms with Crippen molar-refractivity contribution >= 4 is 11.8 Å². The molecule has 6 nitrogen and oxygen atoms in total. The monoisotopic (exact) mass is 329 g/mol. The first-order valence-electron chi connectivity index (χ1n) is 8.20. The molecule has 0 bridgehead atoms. The number of nitrogens with zero attached hydrogens (tertiary/aromatic N) is 5. The van der Waals surface area contributed by atoms with Crippen LogP contribution in [-0.2, 0) is 4.74 Å². The highest BCUT2D eigenvalue weighted by Gasteiger charge is 2.42. The van der Waals surface area contributed by atoms with Crippen LogP contribution in [0.4, 0.5) is 16.2 Å². The van der Waals surface area contributed by atoms with Crippen molar-refractivity contribution in [2.75, 3.05) is 49.2 Å². The van der Waals surface area contributed by atoms with Gasteiger partial charge in [-0.1, -0.05) is 6.07 Å². The molecule has 2 aliphatic rings. The summed E-state index contributed by atoms with van der Waals surface area (Å²) < 4.78 is 19.0. The molecule has 126 valence electrons. The molecule has 0 radical (unpaired) electrons. The molecule has 0 aromatic carbocycles. The van der Waals surface area contributed by atoms with E-state index >= 15 is 0 Å². The van der Waals surface area contributed by atoms with Crippen LogP contribution in [0.3, 0.4) is 0 Å². The number of aromatic nitrogens is 3. The van der Waals surface area contributed by atoms with E-state index in [-0.39, 0.29) is 5.41 Å². The highest BCUT2D eigenvalue weighted by molar-refractivity contribution is 5.41. The molecule has 2 fully saturated rings. The lowest BCUT2D eigenvalue weighted by Gasteiger charge is -2.31. The van der Waals surface area contributed by atoms with Crippen LogP contribution in [0, 0.1) is 11.2 Å². The predicted molar refractivity (Wildman–Crippen MR) is 88.5 cm³/mol. The Morgan fingerprint density at radius 3 is 2.67 bits per heavy atom. The molecule has 7 heteroatoms. The number of rotatable bonds is 2. The van der Waals surface area contributed by atoms with Crippen molar-refractivity contribution in [3.05, 3.63) is 42.6 Å². The standard InChI is InChI=1S/C17H20FN5O/c18-14-9-20-16(21-10-14)23-7-8-24-13-17(12-23)4-6-22(11-17)15-3-1-2-5-19-15/h1-3,5,9-10H,4,6-8,11-13H2. The third kappa shape index (κ3) is 3.03. The van der Waals surface area contributed by atoms with Crippen LogP contribution in [0.5, 0.6) is 0 Å². The number of anilines is 2. The zero-order valence-corrected chi connectivity index (χ0v) is 13.4. The predicted octanol–water partition coefficient (Wildman–Crippen LogP) is 1.74. The molecule has 4 rings (SSSR count). The Morgan fingerprint density at radius 2 is 1.88 bits per heavy atom. The fourth-order valence-corrected chi connectivity index (χ4v) is 3.55. The maximum Gasteiger partial charge on any atom is 0.225 e. The largest absolute Gasteiger partial charge is 0.379 e. The van der Waals surface area contributed by atoms with Crippen molar-refractivity contribution < 1.29 is 9.13 Å². The van der Waals surface area contributed by atoms with Crippen molar-refractivity contribution in [1.29, 1.82) is 0 Å². The molecular formula is C17H20FN5O. The summed E-state index contributed by atoms with van der Waals surface area (Å²) in [5.41, 5.74) is 0.0196. The first-order chi connectivity index (χ1) is 11.7. The van der Waals surface area contributed by atoms with Gasteiger partial charge in [0.05, 0.1) is 25.6 Å². The van der Waals surface area contributed by atoms with Crippen molar-refractivity contribution in [2.24, 2.45) is 5.41 Å². The van der Waals surface area contributed by atoms with Crippen LogP contribution in [0.1, 0.15) is 6.42 Å². The quantitative estimate of drug-likeness (QED) is 0.837. The molecular weight excluding hydrogens is 309 g/mol.